The highest BCUT2D eigenvalue weighted by molar-refractivity contribution is 6.07. The fourth-order valence-electron chi connectivity index (χ4n) is 5.30. The van der Waals surface area contributed by atoms with Gasteiger partial charge in [0.2, 0.25) is 5.91 Å². The molecule has 1 unspecified atom stereocenters. The van der Waals surface area contributed by atoms with E-state index in [0.717, 1.165) is 56.5 Å². The Morgan fingerprint density at radius 2 is 2.00 bits per heavy atom. The molecule has 1 N–H and O–H groups in total. The smallest absolute Gasteiger partial charge is 0.325 e. The predicted molar refractivity (Wildman–Crippen MR) is 112 cm³/mol. The molecule has 4 heterocycles. The van der Waals surface area contributed by atoms with Crippen LogP contribution in [-0.4, -0.2) is 67.4 Å². The molecule has 0 bridgehead atoms. The van der Waals surface area contributed by atoms with Gasteiger partial charge in [-0.3, -0.25) is 18.9 Å². The molecular formula is C22H28N6O3. The number of hydrogen-bond acceptors (Lipinski definition) is 5. The minimum absolute atomic E-state index is 0.0705. The molecule has 1 atom stereocenters. The Labute approximate surface area is 180 Å². The SMILES string of the molecule is O=C(CCCN1C(=O)NC2(CCCC2)C1=O)N1CCCC(c2nnc3ccccn23)C1. The fraction of sp³-hybridized carbons (Fsp3) is 0.591. The minimum Gasteiger partial charge on any atom is -0.342 e. The second kappa shape index (κ2) is 7.94. The molecule has 2 aliphatic heterocycles. The third-order valence-corrected chi connectivity index (χ3v) is 6.95. The molecule has 1 spiro atoms. The van der Waals surface area contributed by atoms with Crippen molar-refractivity contribution in [2.24, 2.45) is 0 Å². The van der Waals surface area contributed by atoms with Gasteiger partial charge in [0, 0.05) is 38.2 Å². The van der Waals surface area contributed by atoms with Gasteiger partial charge in [0.25, 0.3) is 5.91 Å². The molecule has 1 saturated carbocycles. The van der Waals surface area contributed by atoms with Crippen molar-refractivity contribution in [3.8, 4) is 0 Å². The van der Waals surface area contributed by atoms with E-state index in [1.54, 1.807) is 0 Å². The van der Waals surface area contributed by atoms with Gasteiger partial charge in [0.05, 0.1) is 0 Å². The van der Waals surface area contributed by atoms with Crippen molar-refractivity contribution in [3.63, 3.8) is 0 Å². The Bertz CT molecular complexity index is 1010. The Kier molecular flexibility index (Phi) is 5.11. The monoisotopic (exact) mass is 424 g/mol. The number of carbonyl (C=O) groups excluding carboxylic acids is 3. The van der Waals surface area contributed by atoms with Gasteiger partial charge in [0.15, 0.2) is 5.65 Å². The summed E-state index contributed by atoms with van der Waals surface area (Å²) in [5, 5.41) is 11.5. The lowest BCUT2D eigenvalue weighted by atomic mass is 9.96. The molecule has 5 rings (SSSR count). The number of hydrogen-bond donors (Lipinski definition) is 1. The molecule has 3 aliphatic rings. The van der Waals surface area contributed by atoms with Gasteiger partial charge < -0.3 is 10.2 Å². The van der Waals surface area contributed by atoms with Crippen molar-refractivity contribution in [1.82, 2.24) is 29.7 Å². The highest BCUT2D eigenvalue weighted by atomic mass is 16.2. The van der Waals surface area contributed by atoms with Crippen molar-refractivity contribution in [3.05, 3.63) is 30.2 Å². The van der Waals surface area contributed by atoms with Crippen LogP contribution in [0.4, 0.5) is 4.79 Å². The van der Waals surface area contributed by atoms with E-state index in [-0.39, 0.29) is 23.8 Å². The number of likely N-dealkylation sites (tertiary alicyclic amines) is 1. The number of urea groups is 1. The zero-order chi connectivity index (χ0) is 21.4. The average Bonchev–Trinajstić information content (AvgIpc) is 3.49. The van der Waals surface area contributed by atoms with Crippen molar-refractivity contribution < 1.29 is 14.4 Å². The highest BCUT2D eigenvalue weighted by Gasteiger charge is 2.52. The number of nitrogens with zero attached hydrogens (tertiary/aromatic N) is 5. The average molecular weight is 425 g/mol. The maximum Gasteiger partial charge on any atom is 0.325 e. The van der Waals surface area contributed by atoms with E-state index in [4.69, 9.17) is 0 Å². The highest BCUT2D eigenvalue weighted by Crippen LogP contribution is 2.35. The number of pyridine rings is 1. The molecule has 9 heteroatoms. The van der Waals surface area contributed by atoms with Gasteiger partial charge in [-0.1, -0.05) is 18.9 Å². The number of nitrogens with one attached hydrogen (secondary N) is 1. The van der Waals surface area contributed by atoms with E-state index >= 15 is 0 Å². The summed E-state index contributed by atoms with van der Waals surface area (Å²) in [5.41, 5.74) is 0.136. The maximum absolute atomic E-state index is 12.8. The first-order chi connectivity index (χ1) is 15.1. The minimum atomic E-state index is -0.678. The van der Waals surface area contributed by atoms with E-state index in [0.29, 0.717) is 25.9 Å². The summed E-state index contributed by atoms with van der Waals surface area (Å²) in [7, 11) is 0. The summed E-state index contributed by atoms with van der Waals surface area (Å²) in [4.78, 5) is 41.1. The van der Waals surface area contributed by atoms with E-state index in [2.05, 4.69) is 15.5 Å². The predicted octanol–water partition coefficient (Wildman–Crippen LogP) is 2.08. The lowest BCUT2D eigenvalue weighted by Crippen LogP contribution is -2.44. The number of fused-ring (bicyclic) bond motifs is 1. The van der Waals surface area contributed by atoms with Crippen molar-refractivity contribution in [1.29, 1.82) is 0 Å². The standard InChI is InChI=1S/C22H28N6O3/c29-18(9-6-14-28-20(30)22(23-21(28)31)10-2-3-11-22)26-12-5-7-16(15-26)19-25-24-17-8-1-4-13-27(17)19/h1,4,8,13,16H,2-3,5-7,9-12,14-15H2,(H,23,31). The van der Waals surface area contributed by atoms with Gasteiger partial charge in [-0.25, -0.2) is 4.79 Å². The Morgan fingerprint density at radius 3 is 2.84 bits per heavy atom. The van der Waals surface area contributed by atoms with Crippen LogP contribution in [0.5, 0.6) is 0 Å². The van der Waals surface area contributed by atoms with Gasteiger partial charge in [0.1, 0.15) is 11.4 Å². The number of imide groups is 1. The first kappa shape index (κ1) is 20.0. The van der Waals surface area contributed by atoms with Crippen LogP contribution in [0.25, 0.3) is 5.65 Å². The van der Waals surface area contributed by atoms with Crippen molar-refractivity contribution in [2.45, 2.75) is 62.8 Å². The maximum atomic E-state index is 12.8. The lowest BCUT2D eigenvalue weighted by Gasteiger charge is -2.32. The molecule has 164 valence electrons. The molecule has 2 aromatic rings. The summed E-state index contributed by atoms with van der Waals surface area (Å²) in [6, 6.07) is 5.51. The van der Waals surface area contributed by atoms with Crippen LogP contribution >= 0.6 is 0 Å². The molecule has 0 radical (unpaired) electrons. The van der Waals surface area contributed by atoms with Crippen molar-refractivity contribution in [2.75, 3.05) is 19.6 Å². The third-order valence-electron chi connectivity index (χ3n) is 6.95. The molecule has 2 saturated heterocycles. The normalized spacial score (nSPS) is 23.2. The van der Waals surface area contributed by atoms with Crippen LogP contribution < -0.4 is 5.32 Å². The molecule has 1 aliphatic carbocycles. The van der Waals surface area contributed by atoms with Crippen LogP contribution in [0.1, 0.15) is 63.1 Å². The topological polar surface area (TPSA) is 99.9 Å². The van der Waals surface area contributed by atoms with Gasteiger partial charge in [-0.05, 0) is 44.2 Å². The van der Waals surface area contributed by atoms with Gasteiger partial charge >= 0.3 is 6.03 Å². The van der Waals surface area contributed by atoms with E-state index in [1.165, 1.54) is 4.90 Å². The first-order valence-corrected chi connectivity index (χ1v) is 11.3. The summed E-state index contributed by atoms with van der Waals surface area (Å²) in [6.45, 7) is 1.66. The van der Waals surface area contributed by atoms with Gasteiger partial charge in [-0.2, -0.15) is 0 Å². The fourth-order valence-corrected chi connectivity index (χ4v) is 5.30. The second-order valence-electron chi connectivity index (χ2n) is 8.95. The number of amides is 4. The van der Waals surface area contributed by atoms with Crippen LogP contribution in [0.2, 0.25) is 0 Å². The summed E-state index contributed by atoms with van der Waals surface area (Å²) < 4.78 is 2.00. The largest absolute Gasteiger partial charge is 0.342 e. The second-order valence-corrected chi connectivity index (χ2v) is 8.95. The zero-order valence-electron chi connectivity index (χ0n) is 17.6. The molecule has 0 aromatic carbocycles. The van der Waals surface area contributed by atoms with E-state index in [1.807, 2.05) is 33.7 Å². The van der Waals surface area contributed by atoms with Crippen LogP contribution in [0.3, 0.4) is 0 Å². The molecule has 3 fully saturated rings. The molecular weight excluding hydrogens is 396 g/mol. The van der Waals surface area contributed by atoms with Crippen LogP contribution in [0, 0.1) is 0 Å². The molecule has 31 heavy (non-hydrogen) atoms. The van der Waals surface area contributed by atoms with E-state index in [9.17, 15) is 14.4 Å². The van der Waals surface area contributed by atoms with E-state index < -0.39 is 5.54 Å². The number of piperidine rings is 1. The Balaban J connectivity index is 1.16. The van der Waals surface area contributed by atoms with Crippen LogP contribution in [-0.2, 0) is 9.59 Å². The Hall–Kier alpha value is -2.97. The quantitative estimate of drug-likeness (QED) is 0.741. The summed E-state index contributed by atoms with van der Waals surface area (Å²) >= 11 is 0. The third kappa shape index (κ3) is 3.55. The molecule has 9 nitrogen and oxygen atoms in total. The van der Waals surface area contributed by atoms with Crippen LogP contribution in [0.15, 0.2) is 24.4 Å². The van der Waals surface area contributed by atoms with Gasteiger partial charge in [-0.15, -0.1) is 10.2 Å². The molecule has 4 amide bonds. The van der Waals surface area contributed by atoms with Crippen molar-refractivity contribution >= 4 is 23.5 Å². The number of aromatic nitrogens is 3. The number of rotatable bonds is 5. The summed E-state index contributed by atoms with van der Waals surface area (Å²) in [6.07, 6.45) is 8.06. The first-order valence-electron chi connectivity index (χ1n) is 11.3. The lowest BCUT2D eigenvalue weighted by molar-refractivity contribution is -0.134. The Morgan fingerprint density at radius 1 is 1.16 bits per heavy atom. The molecule has 2 aromatic heterocycles. The number of carbonyl (C=O) groups is 3. The summed E-state index contributed by atoms with van der Waals surface area (Å²) in [5.74, 6) is 1.01. The zero-order valence-corrected chi connectivity index (χ0v) is 17.6.